The fourth-order valence-electron chi connectivity index (χ4n) is 2.16. The average molecular weight is 193 g/mol. The zero-order chi connectivity index (χ0) is 10.1. The van der Waals surface area contributed by atoms with Gasteiger partial charge in [0.1, 0.15) is 5.82 Å². The number of nitrogens with two attached hydrogens (primary N) is 1. The minimum absolute atomic E-state index is 0.420. The molecule has 3 N–H and O–H groups in total. The lowest BCUT2D eigenvalue weighted by molar-refractivity contribution is 0.386. The van der Waals surface area contributed by atoms with E-state index in [9.17, 15) is 0 Å². The zero-order valence-corrected chi connectivity index (χ0v) is 9.01. The summed E-state index contributed by atoms with van der Waals surface area (Å²) in [4.78, 5) is 7.94. The number of aromatic nitrogens is 2. The summed E-state index contributed by atoms with van der Waals surface area (Å²) in [6.45, 7) is 4.14. The Morgan fingerprint density at radius 2 is 1.86 bits per heavy atom. The minimum Gasteiger partial charge on any atom is -0.346 e. The number of nitrogens with zero attached hydrogens (tertiary/aromatic N) is 1. The van der Waals surface area contributed by atoms with Gasteiger partial charge in [-0.15, -0.1) is 0 Å². The van der Waals surface area contributed by atoms with Crippen molar-refractivity contribution in [2.45, 2.75) is 51.5 Å². The zero-order valence-electron chi connectivity index (χ0n) is 9.01. The molecule has 1 aromatic rings. The Hall–Kier alpha value is -0.830. The van der Waals surface area contributed by atoms with Crippen molar-refractivity contribution in [1.29, 1.82) is 0 Å². The third-order valence-corrected chi connectivity index (χ3v) is 3.30. The first-order valence-electron chi connectivity index (χ1n) is 5.45. The van der Waals surface area contributed by atoms with Crippen LogP contribution in [-0.4, -0.2) is 16.0 Å². The van der Waals surface area contributed by atoms with Crippen molar-refractivity contribution in [3.05, 3.63) is 17.2 Å². The van der Waals surface area contributed by atoms with Crippen LogP contribution in [0.25, 0.3) is 0 Å². The minimum atomic E-state index is 0.420. The van der Waals surface area contributed by atoms with Gasteiger partial charge in [0.15, 0.2) is 0 Å². The summed E-state index contributed by atoms with van der Waals surface area (Å²) < 4.78 is 0. The number of aryl methyl sites for hydroxylation is 2. The van der Waals surface area contributed by atoms with E-state index in [1.165, 1.54) is 24.4 Å². The lowest BCUT2D eigenvalue weighted by Crippen LogP contribution is -2.26. The standard InChI is InChI=1S/C11H19N3/c1-7-8(2)14-11(13-7)9-3-5-10(12)6-4-9/h9-10H,3-6,12H2,1-2H3,(H,13,14). The molecule has 14 heavy (non-hydrogen) atoms. The molecule has 0 aromatic carbocycles. The Balaban J connectivity index is 2.08. The molecule has 1 fully saturated rings. The molecule has 0 spiro atoms. The van der Waals surface area contributed by atoms with E-state index in [2.05, 4.69) is 23.8 Å². The van der Waals surface area contributed by atoms with Crippen LogP contribution in [-0.2, 0) is 0 Å². The number of imidazole rings is 1. The summed E-state index contributed by atoms with van der Waals surface area (Å²) in [5.41, 5.74) is 8.22. The van der Waals surface area contributed by atoms with Gasteiger partial charge in [-0.2, -0.15) is 0 Å². The smallest absolute Gasteiger partial charge is 0.109 e. The molecule has 0 amide bonds. The van der Waals surface area contributed by atoms with Crippen LogP contribution in [0.3, 0.4) is 0 Å². The van der Waals surface area contributed by atoms with E-state index >= 15 is 0 Å². The Bertz CT molecular complexity index is 289. The van der Waals surface area contributed by atoms with Crippen LogP contribution in [0.4, 0.5) is 0 Å². The van der Waals surface area contributed by atoms with Crippen LogP contribution in [0, 0.1) is 13.8 Å². The summed E-state index contributed by atoms with van der Waals surface area (Å²) in [6, 6.07) is 0.420. The first-order valence-corrected chi connectivity index (χ1v) is 5.45. The van der Waals surface area contributed by atoms with Crippen molar-refractivity contribution in [2.75, 3.05) is 0 Å². The molecule has 0 radical (unpaired) electrons. The molecular weight excluding hydrogens is 174 g/mol. The fourth-order valence-corrected chi connectivity index (χ4v) is 2.16. The SMILES string of the molecule is Cc1nc(C2CCC(N)CC2)[nH]c1C. The number of nitrogens with one attached hydrogen (secondary N) is 1. The molecule has 3 nitrogen and oxygen atoms in total. The van der Waals surface area contributed by atoms with E-state index < -0.39 is 0 Å². The maximum atomic E-state index is 5.88. The second-order valence-electron chi connectivity index (χ2n) is 4.44. The highest BCUT2D eigenvalue weighted by Gasteiger charge is 2.22. The monoisotopic (exact) mass is 193 g/mol. The molecule has 3 heteroatoms. The number of H-pyrrole nitrogens is 1. The van der Waals surface area contributed by atoms with Gasteiger partial charge in [-0.25, -0.2) is 4.98 Å². The predicted octanol–water partition coefficient (Wildman–Crippen LogP) is 2.01. The van der Waals surface area contributed by atoms with Gasteiger partial charge >= 0.3 is 0 Å². The number of hydrogen-bond acceptors (Lipinski definition) is 2. The average Bonchev–Trinajstić information content (AvgIpc) is 2.48. The maximum absolute atomic E-state index is 5.88. The number of aromatic amines is 1. The molecule has 1 aliphatic carbocycles. The van der Waals surface area contributed by atoms with Crippen molar-refractivity contribution >= 4 is 0 Å². The van der Waals surface area contributed by atoms with Gasteiger partial charge in [-0.05, 0) is 39.5 Å². The van der Waals surface area contributed by atoms with Gasteiger partial charge in [0, 0.05) is 17.7 Å². The van der Waals surface area contributed by atoms with Gasteiger partial charge in [-0.3, -0.25) is 0 Å². The highest BCUT2D eigenvalue weighted by molar-refractivity contribution is 5.13. The van der Waals surface area contributed by atoms with Crippen molar-refractivity contribution < 1.29 is 0 Å². The first kappa shape index (κ1) is 9.71. The molecule has 78 valence electrons. The van der Waals surface area contributed by atoms with E-state index in [4.69, 9.17) is 5.73 Å². The van der Waals surface area contributed by atoms with Gasteiger partial charge in [0.25, 0.3) is 0 Å². The van der Waals surface area contributed by atoms with Crippen LogP contribution in [0.2, 0.25) is 0 Å². The van der Waals surface area contributed by atoms with E-state index in [0.29, 0.717) is 12.0 Å². The third kappa shape index (κ3) is 1.82. The molecular formula is C11H19N3. The van der Waals surface area contributed by atoms with Crippen molar-refractivity contribution in [3.63, 3.8) is 0 Å². The van der Waals surface area contributed by atoms with E-state index in [1.807, 2.05) is 0 Å². The molecule has 1 aromatic heterocycles. The third-order valence-electron chi connectivity index (χ3n) is 3.30. The Morgan fingerprint density at radius 3 is 2.36 bits per heavy atom. The lowest BCUT2D eigenvalue weighted by atomic mass is 9.86. The molecule has 1 heterocycles. The van der Waals surface area contributed by atoms with Gasteiger partial charge < -0.3 is 10.7 Å². The molecule has 0 aliphatic heterocycles. The van der Waals surface area contributed by atoms with Crippen LogP contribution < -0.4 is 5.73 Å². The van der Waals surface area contributed by atoms with Gasteiger partial charge in [0.05, 0.1) is 5.69 Å². The first-order chi connectivity index (χ1) is 6.66. The maximum Gasteiger partial charge on any atom is 0.109 e. The Morgan fingerprint density at radius 1 is 1.21 bits per heavy atom. The molecule has 1 saturated carbocycles. The largest absolute Gasteiger partial charge is 0.346 e. The predicted molar refractivity (Wildman–Crippen MR) is 57.2 cm³/mol. The fraction of sp³-hybridized carbons (Fsp3) is 0.727. The second kappa shape index (κ2) is 3.73. The molecule has 1 aliphatic rings. The van der Waals surface area contributed by atoms with Gasteiger partial charge in [0.2, 0.25) is 0 Å². The van der Waals surface area contributed by atoms with E-state index in [1.54, 1.807) is 0 Å². The van der Waals surface area contributed by atoms with E-state index in [-0.39, 0.29) is 0 Å². The quantitative estimate of drug-likeness (QED) is 0.717. The van der Waals surface area contributed by atoms with Gasteiger partial charge in [-0.1, -0.05) is 0 Å². The van der Waals surface area contributed by atoms with E-state index in [0.717, 1.165) is 18.5 Å². The normalized spacial score (nSPS) is 27.9. The Labute approximate surface area is 85.1 Å². The van der Waals surface area contributed by atoms with Crippen molar-refractivity contribution in [3.8, 4) is 0 Å². The van der Waals surface area contributed by atoms with Crippen molar-refractivity contribution in [1.82, 2.24) is 9.97 Å². The molecule has 2 rings (SSSR count). The molecule has 0 bridgehead atoms. The van der Waals surface area contributed by atoms with Crippen LogP contribution in [0.5, 0.6) is 0 Å². The molecule has 0 atom stereocenters. The summed E-state index contributed by atoms with van der Waals surface area (Å²) in [5, 5.41) is 0. The number of hydrogen-bond donors (Lipinski definition) is 2. The topological polar surface area (TPSA) is 54.7 Å². The van der Waals surface area contributed by atoms with Crippen LogP contribution in [0.15, 0.2) is 0 Å². The highest BCUT2D eigenvalue weighted by Crippen LogP contribution is 2.30. The summed E-state index contributed by atoms with van der Waals surface area (Å²) >= 11 is 0. The van der Waals surface area contributed by atoms with Crippen LogP contribution in [0.1, 0.15) is 48.8 Å². The summed E-state index contributed by atoms with van der Waals surface area (Å²) in [7, 11) is 0. The second-order valence-corrected chi connectivity index (χ2v) is 4.44. The molecule has 0 saturated heterocycles. The highest BCUT2D eigenvalue weighted by atomic mass is 14.9. The Kier molecular flexibility index (Phi) is 2.59. The number of rotatable bonds is 1. The lowest BCUT2D eigenvalue weighted by Gasteiger charge is -2.24. The van der Waals surface area contributed by atoms with Crippen LogP contribution >= 0.6 is 0 Å². The van der Waals surface area contributed by atoms with Crippen molar-refractivity contribution in [2.24, 2.45) is 5.73 Å². The molecule has 0 unspecified atom stereocenters. The summed E-state index contributed by atoms with van der Waals surface area (Å²) in [5.74, 6) is 1.79. The summed E-state index contributed by atoms with van der Waals surface area (Å²) in [6.07, 6.45) is 4.66.